The van der Waals surface area contributed by atoms with Crippen LogP contribution >= 0.6 is 11.3 Å². The van der Waals surface area contributed by atoms with E-state index in [4.69, 9.17) is 0 Å². The molecule has 0 aliphatic heterocycles. The van der Waals surface area contributed by atoms with Crippen LogP contribution in [-0.4, -0.2) is 28.7 Å². The number of aromatic nitrogens is 2. The Hall–Kier alpha value is -1.17. The summed E-state index contributed by atoms with van der Waals surface area (Å²) in [5.74, 6) is 2.09. The van der Waals surface area contributed by atoms with E-state index in [9.17, 15) is 0 Å². The van der Waals surface area contributed by atoms with Crippen LogP contribution in [-0.2, 0) is 6.54 Å². The number of guanidine groups is 1. The molecule has 0 amide bonds. The SMILES string of the molecule is CCNC(=NCc1nnc(C(C)C)s1)NC1CC1C. The highest BCUT2D eigenvalue weighted by atomic mass is 32.1. The zero-order chi connectivity index (χ0) is 13.8. The quantitative estimate of drug-likeness (QED) is 0.641. The molecule has 1 heterocycles. The number of nitrogens with one attached hydrogen (secondary N) is 2. The Kier molecular flexibility index (Phi) is 4.74. The summed E-state index contributed by atoms with van der Waals surface area (Å²) in [7, 11) is 0. The van der Waals surface area contributed by atoms with E-state index in [0.717, 1.165) is 28.4 Å². The average Bonchev–Trinajstić information content (AvgIpc) is 2.89. The zero-order valence-electron chi connectivity index (χ0n) is 12.1. The molecule has 0 saturated heterocycles. The maximum Gasteiger partial charge on any atom is 0.191 e. The minimum atomic E-state index is 0.439. The van der Waals surface area contributed by atoms with Gasteiger partial charge in [-0.3, -0.25) is 0 Å². The third-order valence-electron chi connectivity index (χ3n) is 3.12. The first-order valence-corrected chi connectivity index (χ1v) is 7.79. The Balaban J connectivity index is 1.92. The monoisotopic (exact) mass is 281 g/mol. The van der Waals surface area contributed by atoms with Crippen LogP contribution in [0.3, 0.4) is 0 Å². The van der Waals surface area contributed by atoms with Gasteiger partial charge in [0.1, 0.15) is 10.0 Å². The van der Waals surface area contributed by atoms with E-state index in [-0.39, 0.29) is 0 Å². The molecule has 6 heteroatoms. The third-order valence-corrected chi connectivity index (χ3v) is 4.33. The van der Waals surface area contributed by atoms with Gasteiger partial charge in [0, 0.05) is 18.5 Å². The molecule has 2 N–H and O–H groups in total. The maximum atomic E-state index is 4.57. The first kappa shape index (κ1) is 14.2. The fourth-order valence-electron chi connectivity index (χ4n) is 1.73. The molecule has 1 saturated carbocycles. The normalized spacial score (nSPS) is 22.7. The van der Waals surface area contributed by atoms with Gasteiger partial charge in [0.2, 0.25) is 0 Å². The van der Waals surface area contributed by atoms with Crippen molar-refractivity contribution in [1.82, 2.24) is 20.8 Å². The van der Waals surface area contributed by atoms with Crippen molar-refractivity contribution >= 4 is 17.3 Å². The molecular formula is C13H23N5S. The summed E-state index contributed by atoms with van der Waals surface area (Å²) in [6.45, 7) is 10.1. The van der Waals surface area contributed by atoms with Crippen LogP contribution in [0.25, 0.3) is 0 Å². The number of aliphatic imine (C=N–C) groups is 1. The van der Waals surface area contributed by atoms with E-state index in [1.807, 2.05) is 0 Å². The molecule has 0 bridgehead atoms. The van der Waals surface area contributed by atoms with Gasteiger partial charge in [0.05, 0.1) is 6.54 Å². The Morgan fingerprint density at radius 3 is 2.74 bits per heavy atom. The summed E-state index contributed by atoms with van der Waals surface area (Å²) < 4.78 is 0. The van der Waals surface area contributed by atoms with E-state index in [1.54, 1.807) is 11.3 Å². The molecule has 0 radical (unpaired) electrons. The van der Waals surface area contributed by atoms with E-state index >= 15 is 0 Å². The van der Waals surface area contributed by atoms with Crippen LogP contribution in [0.1, 0.15) is 50.0 Å². The smallest absolute Gasteiger partial charge is 0.191 e. The third kappa shape index (κ3) is 4.16. The van der Waals surface area contributed by atoms with Gasteiger partial charge in [0.25, 0.3) is 0 Å². The number of hydrogen-bond donors (Lipinski definition) is 2. The molecule has 2 unspecified atom stereocenters. The maximum absolute atomic E-state index is 4.57. The van der Waals surface area contributed by atoms with E-state index in [1.165, 1.54) is 6.42 Å². The molecule has 5 nitrogen and oxygen atoms in total. The molecule has 1 fully saturated rings. The predicted molar refractivity (Wildman–Crippen MR) is 79.5 cm³/mol. The van der Waals surface area contributed by atoms with E-state index in [2.05, 4.69) is 53.5 Å². The molecule has 2 atom stereocenters. The highest BCUT2D eigenvalue weighted by molar-refractivity contribution is 7.11. The van der Waals surface area contributed by atoms with Gasteiger partial charge in [-0.1, -0.05) is 32.1 Å². The van der Waals surface area contributed by atoms with Gasteiger partial charge in [-0.15, -0.1) is 10.2 Å². The molecule has 2 rings (SSSR count). The summed E-state index contributed by atoms with van der Waals surface area (Å²) in [6, 6.07) is 0.582. The number of hydrogen-bond acceptors (Lipinski definition) is 4. The number of nitrogens with zero attached hydrogens (tertiary/aromatic N) is 3. The second-order valence-corrected chi connectivity index (χ2v) is 6.44. The summed E-state index contributed by atoms with van der Waals surface area (Å²) in [5.41, 5.74) is 0. The van der Waals surface area contributed by atoms with Gasteiger partial charge in [-0.25, -0.2) is 4.99 Å². The van der Waals surface area contributed by atoms with Gasteiger partial charge in [-0.2, -0.15) is 0 Å². The first-order chi connectivity index (χ1) is 9.10. The van der Waals surface area contributed by atoms with Gasteiger partial charge in [0.15, 0.2) is 5.96 Å². The molecule has 106 valence electrons. The molecule has 1 aliphatic rings. The van der Waals surface area contributed by atoms with Crippen LogP contribution in [0.4, 0.5) is 0 Å². The molecule has 0 aromatic carbocycles. The van der Waals surface area contributed by atoms with Gasteiger partial charge >= 0.3 is 0 Å². The van der Waals surface area contributed by atoms with Crippen LogP contribution < -0.4 is 10.6 Å². The minimum Gasteiger partial charge on any atom is -0.357 e. The van der Waals surface area contributed by atoms with Gasteiger partial charge < -0.3 is 10.6 Å². The van der Waals surface area contributed by atoms with Crippen molar-refractivity contribution in [3.05, 3.63) is 10.0 Å². The van der Waals surface area contributed by atoms with Crippen LogP contribution in [0, 0.1) is 5.92 Å². The average molecular weight is 281 g/mol. The van der Waals surface area contributed by atoms with Crippen LogP contribution in [0.5, 0.6) is 0 Å². The summed E-state index contributed by atoms with van der Waals surface area (Å²) in [5, 5.41) is 17.1. The predicted octanol–water partition coefficient (Wildman–Crippen LogP) is 2.12. The Morgan fingerprint density at radius 2 is 2.21 bits per heavy atom. The molecule has 1 aromatic rings. The zero-order valence-corrected chi connectivity index (χ0v) is 12.9. The van der Waals surface area contributed by atoms with Crippen LogP contribution in [0.15, 0.2) is 4.99 Å². The Bertz CT molecular complexity index is 440. The molecule has 1 aliphatic carbocycles. The van der Waals surface area contributed by atoms with Crippen molar-refractivity contribution in [2.75, 3.05) is 6.54 Å². The summed E-state index contributed by atoms with van der Waals surface area (Å²) in [4.78, 5) is 4.57. The lowest BCUT2D eigenvalue weighted by molar-refractivity contribution is 0.764. The van der Waals surface area contributed by atoms with Crippen molar-refractivity contribution in [1.29, 1.82) is 0 Å². The second kappa shape index (κ2) is 6.32. The summed E-state index contributed by atoms with van der Waals surface area (Å²) in [6.07, 6.45) is 1.24. The van der Waals surface area contributed by atoms with Crippen LogP contribution in [0.2, 0.25) is 0 Å². The van der Waals surface area contributed by atoms with Crippen molar-refractivity contribution in [3.63, 3.8) is 0 Å². The topological polar surface area (TPSA) is 62.2 Å². The lowest BCUT2D eigenvalue weighted by Crippen LogP contribution is -2.39. The Labute approximate surface area is 118 Å². The molecule has 19 heavy (non-hydrogen) atoms. The van der Waals surface area contributed by atoms with E-state index in [0.29, 0.717) is 18.5 Å². The highest BCUT2D eigenvalue weighted by Crippen LogP contribution is 2.28. The van der Waals surface area contributed by atoms with Crippen molar-refractivity contribution in [3.8, 4) is 0 Å². The fraction of sp³-hybridized carbons (Fsp3) is 0.769. The molecule has 1 aromatic heterocycles. The molecular weight excluding hydrogens is 258 g/mol. The highest BCUT2D eigenvalue weighted by Gasteiger charge is 2.33. The standard InChI is InChI=1S/C13H23N5S/c1-5-14-13(16-10-6-9(10)4)15-7-11-17-18-12(19-11)8(2)3/h8-10H,5-7H2,1-4H3,(H2,14,15,16). The Morgan fingerprint density at radius 1 is 1.47 bits per heavy atom. The second-order valence-electron chi connectivity index (χ2n) is 5.35. The minimum absolute atomic E-state index is 0.439. The first-order valence-electron chi connectivity index (χ1n) is 6.97. The largest absolute Gasteiger partial charge is 0.357 e. The molecule has 0 spiro atoms. The van der Waals surface area contributed by atoms with E-state index < -0.39 is 0 Å². The van der Waals surface area contributed by atoms with Crippen molar-refractivity contribution < 1.29 is 0 Å². The van der Waals surface area contributed by atoms with Gasteiger partial charge in [-0.05, 0) is 19.3 Å². The number of rotatable bonds is 5. The summed E-state index contributed by atoms with van der Waals surface area (Å²) >= 11 is 1.65. The lowest BCUT2D eigenvalue weighted by atomic mass is 10.2. The van der Waals surface area contributed by atoms with Crippen molar-refractivity contribution in [2.45, 2.75) is 52.6 Å². The lowest BCUT2D eigenvalue weighted by Gasteiger charge is -2.09. The van der Waals surface area contributed by atoms with Crippen molar-refractivity contribution in [2.24, 2.45) is 10.9 Å². The fourth-order valence-corrected chi connectivity index (χ4v) is 2.50.